The molecule has 0 amide bonds. The van der Waals surface area contributed by atoms with Crippen LogP contribution in [0.15, 0.2) is 28.7 Å². The summed E-state index contributed by atoms with van der Waals surface area (Å²) < 4.78 is 14.0. The lowest BCUT2D eigenvalue weighted by Crippen LogP contribution is -2.21. The lowest BCUT2D eigenvalue weighted by Gasteiger charge is -2.06. The van der Waals surface area contributed by atoms with Crippen LogP contribution in [0.4, 0.5) is 4.39 Å². The average Bonchev–Trinajstić information content (AvgIpc) is 2.80. The van der Waals surface area contributed by atoms with Gasteiger partial charge >= 0.3 is 0 Å². The Labute approximate surface area is 126 Å². The standard InChI is InChI=1S/C15H17BrFNS/c1-9(2)18-8-11-4-5-15(19-11)12-7-13(16)14(17)6-10(12)3/h4-7,9,18H,8H2,1-3H3. The summed E-state index contributed by atoms with van der Waals surface area (Å²) >= 11 is 5.00. The summed E-state index contributed by atoms with van der Waals surface area (Å²) in [5.41, 5.74) is 2.06. The van der Waals surface area contributed by atoms with Gasteiger partial charge in [-0.1, -0.05) is 13.8 Å². The highest BCUT2D eigenvalue weighted by atomic mass is 79.9. The van der Waals surface area contributed by atoms with Crippen LogP contribution in [0.5, 0.6) is 0 Å². The number of hydrogen-bond acceptors (Lipinski definition) is 2. The van der Waals surface area contributed by atoms with Gasteiger partial charge in [0.2, 0.25) is 0 Å². The van der Waals surface area contributed by atoms with Gasteiger partial charge in [0.15, 0.2) is 0 Å². The van der Waals surface area contributed by atoms with E-state index in [9.17, 15) is 4.39 Å². The summed E-state index contributed by atoms with van der Waals surface area (Å²) in [5.74, 6) is -0.209. The van der Waals surface area contributed by atoms with Crippen molar-refractivity contribution in [1.29, 1.82) is 0 Å². The molecule has 0 radical (unpaired) electrons. The first-order chi connectivity index (χ1) is 8.97. The number of thiophene rings is 1. The molecule has 0 saturated heterocycles. The molecule has 102 valence electrons. The van der Waals surface area contributed by atoms with E-state index in [4.69, 9.17) is 0 Å². The maximum absolute atomic E-state index is 13.4. The van der Waals surface area contributed by atoms with Crippen molar-refractivity contribution in [3.8, 4) is 10.4 Å². The zero-order valence-electron chi connectivity index (χ0n) is 11.3. The summed E-state index contributed by atoms with van der Waals surface area (Å²) in [4.78, 5) is 2.47. The number of aryl methyl sites for hydroxylation is 1. The van der Waals surface area contributed by atoms with Crippen LogP contribution in [-0.2, 0) is 6.54 Å². The molecule has 1 aromatic heterocycles. The molecule has 0 spiro atoms. The van der Waals surface area contributed by atoms with Gasteiger partial charge in [-0.2, -0.15) is 0 Å². The van der Waals surface area contributed by atoms with E-state index in [1.54, 1.807) is 17.4 Å². The van der Waals surface area contributed by atoms with E-state index in [1.807, 2.05) is 13.0 Å². The van der Waals surface area contributed by atoms with Crippen molar-refractivity contribution >= 4 is 27.3 Å². The number of rotatable bonds is 4. The first kappa shape index (κ1) is 14.7. The molecule has 0 aliphatic rings. The van der Waals surface area contributed by atoms with Gasteiger partial charge in [-0.05, 0) is 58.2 Å². The Balaban J connectivity index is 2.25. The first-order valence-electron chi connectivity index (χ1n) is 6.25. The number of halogens is 2. The Kier molecular flexibility index (Phi) is 4.76. The molecule has 0 aliphatic heterocycles. The van der Waals surface area contributed by atoms with Gasteiger partial charge in [0.25, 0.3) is 0 Å². The van der Waals surface area contributed by atoms with Gasteiger partial charge in [-0.3, -0.25) is 0 Å². The SMILES string of the molecule is Cc1cc(F)c(Br)cc1-c1ccc(CNC(C)C)s1. The molecule has 2 rings (SSSR count). The first-order valence-corrected chi connectivity index (χ1v) is 7.86. The van der Waals surface area contributed by atoms with Crippen LogP contribution in [0.2, 0.25) is 0 Å². The summed E-state index contributed by atoms with van der Waals surface area (Å²) in [5, 5.41) is 3.40. The highest BCUT2D eigenvalue weighted by molar-refractivity contribution is 9.10. The van der Waals surface area contributed by atoms with Gasteiger partial charge in [0, 0.05) is 22.3 Å². The van der Waals surface area contributed by atoms with E-state index in [0.717, 1.165) is 17.7 Å². The van der Waals surface area contributed by atoms with Crippen molar-refractivity contribution in [2.45, 2.75) is 33.4 Å². The second-order valence-corrected chi connectivity index (χ2v) is 6.91. The van der Waals surface area contributed by atoms with E-state index in [2.05, 4.69) is 47.2 Å². The van der Waals surface area contributed by atoms with Crippen molar-refractivity contribution in [2.75, 3.05) is 0 Å². The quantitative estimate of drug-likeness (QED) is 0.813. The third-order valence-electron chi connectivity index (χ3n) is 2.88. The molecular weight excluding hydrogens is 325 g/mol. The van der Waals surface area contributed by atoms with E-state index in [1.165, 1.54) is 9.75 Å². The second-order valence-electron chi connectivity index (χ2n) is 4.88. The molecule has 2 aromatic rings. The van der Waals surface area contributed by atoms with E-state index in [-0.39, 0.29) is 5.82 Å². The number of hydrogen-bond donors (Lipinski definition) is 1. The fourth-order valence-corrected chi connectivity index (χ4v) is 3.22. The molecule has 0 unspecified atom stereocenters. The predicted molar refractivity (Wildman–Crippen MR) is 84.1 cm³/mol. The van der Waals surface area contributed by atoms with Crippen LogP contribution >= 0.6 is 27.3 Å². The van der Waals surface area contributed by atoms with Gasteiger partial charge in [-0.25, -0.2) is 4.39 Å². The molecule has 19 heavy (non-hydrogen) atoms. The predicted octanol–water partition coefficient (Wildman–Crippen LogP) is 5.12. The third-order valence-corrected chi connectivity index (χ3v) is 4.61. The second kappa shape index (κ2) is 6.16. The molecule has 1 nitrogen and oxygen atoms in total. The van der Waals surface area contributed by atoms with Crippen molar-refractivity contribution in [1.82, 2.24) is 5.32 Å². The van der Waals surface area contributed by atoms with E-state index >= 15 is 0 Å². The van der Waals surface area contributed by atoms with Crippen molar-refractivity contribution < 1.29 is 4.39 Å². The van der Waals surface area contributed by atoms with Crippen molar-refractivity contribution in [2.24, 2.45) is 0 Å². The molecule has 0 saturated carbocycles. The zero-order valence-corrected chi connectivity index (χ0v) is 13.7. The largest absolute Gasteiger partial charge is 0.310 e. The Morgan fingerprint density at radius 2 is 2.05 bits per heavy atom. The fraction of sp³-hybridized carbons (Fsp3) is 0.333. The van der Waals surface area contributed by atoms with Gasteiger partial charge in [0.1, 0.15) is 5.82 Å². The van der Waals surface area contributed by atoms with Crippen LogP contribution in [0.1, 0.15) is 24.3 Å². The fourth-order valence-electron chi connectivity index (χ4n) is 1.83. The van der Waals surface area contributed by atoms with Gasteiger partial charge in [0.05, 0.1) is 4.47 Å². The normalized spacial score (nSPS) is 11.3. The van der Waals surface area contributed by atoms with Gasteiger partial charge < -0.3 is 5.32 Å². The highest BCUT2D eigenvalue weighted by Crippen LogP contribution is 2.33. The molecule has 0 fully saturated rings. The minimum Gasteiger partial charge on any atom is -0.310 e. The lowest BCUT2D eigenvalue weighted by molar-refractivity contribution is 0.593. The smallest absolute Gasteiger partial charge is 0.137 e. The highest BCUT2D eigenvalue weighted by Gasteiger charge is 2.09. The van der Waals surface area contributed by atoms with Crippen LogP contribution in [-0.4, -0.2) is 6.04 Å². The van der Waals surface area contributed by atoms with Crippen LogP contribution in [0, 0.1) is 12.7 Å². The summed E-state index contributed by atoms with van der Waals surface area (Å²) in [7, 11) is 0. The molecule has 1 N–H and O–H groups in total. The number of nitrogens with one attached hydrogen (secondary N) is 1. The van der Waals surface area contributed by atoms with Crippen LogP contribution < -0.4 is 5.32 Å². The van der Waals surface area contributed by atoms with Crippen molar-refractivity contribution in [3.05, 3.63) is 45.0 Å². The summed E-state index contributed by atoms with van der Waals surface area (Å²) in [6.45, 7) is 7.09. The Morgan fingerprint density at radius 1 is 1.32 bits per heavy atom. The molecule has 0 atom stereocenters. The Morgan fingerprint density at radius 3 is 2.74 bits per heavy atom. The minimum atomic E-state index is -0.209. The molecular formula is C15H17BrFNS. The van der Waals surface area contributed by atoms with Crippen LogP contribution in [0.3, 0.4) is 0 Å². The topological polar surface area (TPSA) is 12.0 Å². The lowest BCUT2D eigenvalue weighted by atomic mass is 10.1. The van der Waals surface area contributed by atoms with E-state index in [0.29, 0.717) is 10.5 Å². The number of benzene rings is 1. The Hall–Kier alpha value is -0.710. The maximum atomic E-state index is 13.4. The molecule has 1 heterocycles. The summed E-state index contributed by atoms with van der Waals surface area (Å²) in [6, 6.07) is 8.15. The maximum Gasteiger partial charge on any atom is 0.137 e. The molecule has 0 bridgehead atoms. The molecule has 4 heteroatoms. The van der Waals surface area contributed by atoms with Crippen LogP contribution in [0.25, 0.3) is 10.4 Å². The average molecular weight is 342 g/mol. The Bertz CT molecular complexity index is 578. The van der Waals surface area contributed by atoms with E-state index < -0.39 is 0 Å². The minimum absolute atomic E-state index is 0.209. The van der Waals surface area contributed by atoms with Gasteiger partial charge in [-0.15, -0.1) is 11.3 Å². The monoisotopic (exact) mass is 341 g/mol. The molecule has 0 aliphatic carbocycles. The summed E-state index contributed by atoms with van der Waals surface area (Å²) in [6.07, 6.45) is 0. The third kappa shape index (κ3) is 3.65. The molecule has 1 aromatic carbocycles. The zero-order chi connectivity index (χ0) is 14.0. The van der Waals surface area contributed by atoms with Crippen molar-refractivity contribution in [3.63, 3.8) is 0 Å².